The van der Waals surface area contributed by atoms with Crippen LogP contribution in [0.2, 0.25) is 0 Å². The third kappa shape index (κ3) is 5.67. The largest absolute Gasteiger partial charge is 0.507 e. The number of fused-ring (bicyclic) bond motifs is 1. The van der Waals surface area contributed by atoms with Gasteiger partial charge < -0.3 is 74.1 Å². The van der Waals surface area contributed by atoms with Crippen LogP contribution in [-0.4, -0.2) is 122 Å². The lowest BCUT2D eigenvalue weighted by Crippen LogP contribution is -2.60. The molecule has 9 atom stereocenters. The third-order valence-electron chi connectivity index (χ3n) is 7.19. The number of phenolic OH excluding ortho intramolecular Hbond substituents is 3. The summed E-state index contributed by atoms with van der Waals surface area (Å²) in [6.45, 7) is -1.11. The molecule has 3 aromatic rings. The van der Waals surface area contributed by atoms with Gasteiger partial charge >= 0.3 is 0 Å². The highest BCUT2D eigenvalue weighted by atomic mass is 16.7. The fourth-order valence-electron chi connectivity index (χ4n) is 4.84. The van der Waals surface area contributed by atoms with Gasteiger partial charge in [-0.3, -0.25) is 4.79 Å². The summed E-state index contributed by atoms with van der Waals surface area (Å²) in [5.74, 6) is -2.17. The molecule has 2 saturated heterocycles. The van der Waals surface area contributed by atoms with Crippen molar-refractivity contribution in [1.29, 1.82) is 0 Å². The van der Waals surface area contributed by atoms with E-state index >= 15 is 0 Å². The number of ether oxygens (including phenoxy) is 5. The first-order valence-electron chi connectivity index (χ1n) is 13.0. The number of benzene rings is 2. The van der Waals surface area contributed by atoms with Gasteiger partial charge in [0.25, 0.3) is 0 Å². The Kier molecular flexibility index (Phi) is 8.66. The summed E-state index contributed by atoms with van der Waals surface area (Å²) in [6, 6.07) is 5.84. The fraction of sp³-hybridized carbons (Fsp3) is 0.444. The number of methoxy groups -OCH3 is 1. The van der Waals surface area contributed by atoms with Crippen LogP contribution in [0.15, 0.2) is 39.5 Å². The molecule has 9 N–H and O–H groups in total. The minimum atomic E-state index is -1.81. The molecule has 2 aromatic carbocycles. The minimum absolute atomic E-state index is 0.150. The monoisotopic (exact) mass is 610 g/mol. The summed E-state index contributed by atoms with van der Waals surface area (Å²) in [6.07, 6.45) is -13.8. The van der Waals surface area contributed by atoms with Crippen molar-refractivity contribution in [2.24, 2.45) is 0 Å². The van der Waals surface area contributed by atoms with Crippen LogP contribution in [0.1, 0.15) is 0 Å². The standard InChI is InChI=1S/C27H30O16/c1-38-25-20(34)17-13(31)5-10(6-14(17)41-24(25)9-2-3-11(29)12(30)4-9)40-27-23(37)21(35)19(33)16(43-27)8-39-26-22(36)18(32)15(7-28)42-26/h2-6,15-16,18-19,21-23,26-33,35-37H,7-8H2,1H3/t15-,16?,18?,19+,21-,22-,23?,26+,27+/m0/s1. The van der Waals surface area contributed by atoms with Crippen molar-refractivity contribution in [3.05, 3.63) is 40.6 Å². The lowest BCUT2D eigenvalue weighted by atomic mass is 9.99. The summed E-state index contributed by atoms with van der Waals surface area (Å²) >= 11 is 0. The van der Waals surface area contributed by atoms with Gasteiger partial charge in [-0.1, -0.05) is 0 Å². The van der Waals surface area contributed by atoms with Gasteiger partial charge in [0.05, 0.1) is 20.3 Å². The van der Waals surface area contributed by atoms with Crippen molar-refractivity contribution in [1.82, 2.24) is 0 Å². The van der Waals surface area contributed by atoms with E-state index in [1.54, 1.807) is 0 Å². The van der Waals surface area contributed by atoms with E-state index in [0.717, 1.165) is 12.1 Å². The average molecular weight is 611 g/mol. The van der Waals surface area contributed by atoms with Crippen molar-refractivity contribution < 1.29 is 74.1 Å². The van der Waals surface area contributed by atoms with Gasteiger partial charge in [0, 0.05) is 17.7 Å². The van der Waals surface area contributed by atoms with Crippen LogP contribution in [-0.2, 0) is 14.2 Å². The Labute approximate surface area is 241 Å². The number of aromatic hydroxyl groups is 3. The Morgan fingerprint density at radius 2 is 1.47 bits per heavy atom. The van der Waals surface area contributed by atoms with Crippen LogP contribution in [0.4, 0.5) is 0 Å². The van der Waals surface area contributed by atoms with Gasteiger partial charge in [0.15, 0.2) is 23.5 Å². The Bertz CT molecular complexity index is 1520. The SMILES string of the molecule is COc1c(-c2ccc(O)c(O)c2)oc2cc(O[C@@H]3OC(CO[C@@H]4O[C@@H](CO)C(O)[C@@H]4O)[C@@H](O)[C@H](O)C3O)cc(O)c2c1=O. The highest BCUT2D eigenvalue weighted by Crippen LogP contribution is 2.39. The molecule has 0 radical (unpaired) electrons. The first kappa shape index (κ1) is 30.7. The lowest BCUT2D eigenvalue weighted by molar-refractivity contribution is -0.290. The number of phenols is 3. The first-order valence-corrected chi connectivity index (χ1v) is 13.0. The molecular formula is C27H30O16. The summed E-state index contributed by atoms with van der Waals surface area (Å²) in [4.78, 5) is 13.2. The maximum atomic E-state index is 13.2. The molecule has 0 amide bonds. The fourth-order valence-corrected chi connectivity index (χ4v) is 4.84. The highest BCUT2D eigenvalue weighted by Gasteiger charge is 2.47. The third-order valence-corrected chi connectivity index (χ3v) is 7.19. The minimum Gasteiger partial charge on any atom is -0.507 e. The van der Waals surface area contributed by atoms with Crippen LogP contribution in [0, 0.1) is 0 Å². The molecule has 43 heavy (non-hydrogen) atoms. The molecule has 0 spiro atoms. The predicted octanol–water partition coefficient (Wildman–Crippen LogP) is -1.77. The molecule has 0 bridgehead atoms. The first-order chi connectivity index (χ1) is 20.4. The number of aliphatic hydroxyl groups excluding tert-OH is 6. The second-order valence-electron chi connectivity index (χ2n) is 9.99. The Balaban J connectivity index is 1.41. The van der Waals surface area contributed by atoms with Crippen LogP contribution in [0.25, 0.3) is 22.3 Å². The molecule has 16 heteroatoms. The van der Waals surface area contributed by atoms with Gasteiger partial charge in [0.1, 0.15) is 65.2 Å². The molecule has 16 nitrogen and oxygen atoms in total. The van der Waals surface area contributed by atoms with Crippen LogP contribution >= 0.6 is 0 Å². The smallest absolute Gasteiger partial charge is 0.239 e. The quantitative estimate of drug-likeness (QED) is 0.128. The van der Waals surface area contributed by atoms with E-state index in [2.05, 4.69) is 0 Å². The summed E-state index contributed by atoms with van der Waals surface area (Å²) in [5.41, 5.74) is -0.833. The van der Waals surface area contributed by atoms with Crippen LogP contribution in [0.5, 0.6) is 28.7 Å². The molecule has 3 unspecified atom stereocenters. The average Bonchev–Trinajstić information content (AvgIpc) is 3.25. The molecule has 234 valence electrons. The van der Waals surface area contributed by atoms with E-state index in [1.807, 2.05) is 0 Å². The van der Waals surface area contributed by atoms with E-state index in [-0.39, 0.29) is 33.8 Å². The molecule has 2 aliphatic heterocycles. The van der Waals surface area contributed by atoms with Crippen molar-refractivity contribution >= 4 is 11.0 Å². The number of aliphatic hydroxyl groups is 6. The van der Waals surface area contributed by atoms with E-state index in [4.69, 9.17) is 28.1 Å². The van der Waals surface area contributed by atoms with Gasteiger partial charge in [-0.2, -0.15) is 0 Å². The molecule has 0 aliphatic carbocycles. The zero-order chi connectivity index (χ0) is 31.2. The zero-order valence-corrected chi connectivity index (χ0v) is 22.4. The normalized spacial score (nSPS) is 30.9. The van der Waals surface area contributed by atoms with E-state index in [1.165, 1.54) is 25.3 Å². The summed E-state index contributed by atoms with van der Waals surface area (Å²) in [7, 11) is 1.20. The Hall–Kier alpha value is -3.71. The molecular weight excluding hydrogens is 580 g/mol. The van der Waals surface area contributed by atoms with Gasteiger partial charge in [0.2, 0.25) is 17.5 Å². The van der Waals surface area contributed by atoms with Crippen molar-refractivity contribution in [3.63, 3.8) is 0 Å². The highest BCUT2D eigenvalue weighted by molar-refractivity contribution is 5.88. The van der Waals surface area contributed by atoms with Gasteiger partial charge in [-0.15, -0.1) is 0 Å². The van der Waals surface area contributed by atoms with Crippen molar-refractivity contribution in [2.45, 2.75) is 55.3 Å². The number of hydrogen-bond acceptors (Lipinski definition) is 16. The molecule has 0 saturated carbocycles. The summed E-state index contributed by atoms with van der Waals surface area (Å²) < 4.78 is 32.8. The van der Waals surface area contributed by atoms with Crippen molar-refractivity contribution in [3.8, 4) is 40.1 Å². The maximum Gasteiger partial charge on any atom is 0.239 e. The van der Waals surface area contributed by atoms with E-state index < -0.39 is 91.2 Å². The topological polar surface area (TPSA) is 258 Å². The lowest BCUT2D eigenvalue weighted by Gasteiger charge is -2.40. The number of hydrogen-bond donors (Lipinski definition) is 9. The molecule has 2 fully saturated rings. The molecule has 1 aromatic heterocycles. The second kappa shape index (κ2) is 12.1. The molecule has 5 rings (SSSR count). The number of rotatable bonds is 8. The van der Waals surface area contributed by atoms with Crippen LogP contribution in [0.3, 0.4) is 0 Å². The van der Waals surface area contributed by atoms with Gasteiger partial charge in [-0.05, 0) is 18.2 Å². The second-order valence-corrected chi connectivity index (χ2v) is 9.99. The van der Waals surface area contributed by atoms with Gasteiger partial charge in [-0.25, -0.2) is 0 Å². The van der Waals surface area contributed by atoms with Crippen molar-refractivity contribution in [2.75, 3.05) is 20.3 Å². The summed E-state index contributed by atoms with van der Waals surface area (Å²) in [5, 5.41) is 90.5. The van der Waals surface area contributed by atoms with E-state index in [0.29, 0.717) is 0 Å². The molecule has 2 aliphatic rings. The van der Waals surface area contributed by atoms with Crippen LogP contribution < -0.4 is 14.9 Å². The van der Waals surface area contributed by atoms with E-state index in [9.17, 15) is 50.8 Å². The molecule has 3 heterocycles. The maximum absolute atomic E-state index is 13.2. The Morgan fingerprint density at radius 3 is 2.12 bits per heavy atom. The zero-order valence-electron chi connectivity index (χ0n) is 22.4. The predicted molar refractivity (Wildman–Crippen MR) is 140 cm³/mol. The Morgan fingerprint density at radius 1 is 0.791 bits per heavy atom.